The molecule has 0 aliphatic heterocycles. The minimum absolute atomic E-state index is 0.277. The van der Waals surface area contributed by atoms with Crippen molar-refractivity contribution in [1.82, 2.24) is 5.32 Å². The van der Waals surface area contributed by atoms with Crippen LogP contribution in [0, 0.1) is 11.3 Å². The van der Waals surface area contributed by atoms with Crippen LogP contribution in [0.25, 0.3) is 0 Å². The van der Waals surface area contributed by atoms with Crippen molar-refractivity contribution in [1.29, 1.82) is 0 Å². The molecule has 0 amide bonds. The molecule has 0 heterocycles. The van der Waals surface area contributed by atoms with Gasteiger partial charge < -0.3 is 14.8 Å². The largest absolute Gasteiger partial charge is 0.496 e. The zero-order valence-electron chi connectivity index (χ0n) is 13.6. The Morgan fingerprint density at radius 2 is 1.90 bits per heavy atom. The summed E-state index contributed by atoms with van der Waals surface area (Å²) < 4.78 is 12.0. The molecule has 0 bridgehead atoms. The molecule has 2 rings (SSSR count). The maximum Gasteiger partial charge on any atom is 0.133 e. The fourth-order valence-corrected chi connectivity index (χ4v) is 4.16. The highest BCUT2D eigenvalue weighted by atomic mass is 79.9. The number of benzene rings is 1. The quantitative estimate of drug-likeness (QED) is 0.839. The van der Waals surface area contributed by atoms with E-state index >= 15 is 0 Å². The average Bonchev–Trinajstić information content (AvgIpc) is 2.80. The van der Waals surface area contributed by atoms with Gasteiger partial charge in [-0.3, -0.25) is 0 Å². The molecule has 1 aliphatic rings. The summed E-state index contributed by atoms with van der Waals surface area (Å²) in [4.78, 5) is 0. The van der Waals surface area contributed by atoms with Crippen molar-refractivity contribution < 1.29 is 9.47 Å². The molecule has 1 aliphatic carbocycles. The van der Waals surface area contributed by atoms with Crippen LogP contribution in [0.15, 0.2) is 16.6 Å². The van der Waals surface area contributed by atoms with Crippen LogP contribution in [-0.4, -0.2) is 21.3 Å². The van der Waals surface area contributed by atoms with E-state index in [1.165, 1.54) is 24.8 Å². The lowest BCUT2D eigenvalue weighted by Crippen LogP contribution is -2.32. The number of hydrogen-bond donors (Lipinski definition) is 1. The summed E-state index contributed by atoms with van der Waals surface area (Å²) in [7, 11) is 5.46. The van der Waals surface area contributed by atoms with Crippen LogP contribution in [0.5, 0.6) is 11.5 Å². The normalized spacial score (nSPS) is 22.1. The second kappa shape index (κ2) is 6.57. The van der Waals surface area contributed by atoms with Gasteiger partial charge in [-0.1, -0.05) is 20.3 Å². The Bertz CT molecular complexity index is 502. The summed E-state index contributed by atoms with van der Waals surface area (Å²) >= 11 is 3.53. The number of halogens is 1. The molecule has 4 heteroatoms. The third-order valence-electron chi connectivity index (χ3n) is 4.89. The highest BCUT2D eigenvalue weighted by Gasteiger charge is 2.40. The minimum atomic E-state index is 0.277. The Balaban J connectivity index is 2.46. The third kappa shape index (κ3) is 3.21. The van der Waals surface area contributed by atoms with Crippen LogP contribution in [0.1, 0.15) is 44.7 Å². The Labute approximate surface area is 136 Å². The monoisotopic (exact) mass is 355 g/mol. The van der Waals surface area contributed by atoms with Crippen molar-refractivity contribution in [2.45, 2.75) is 39.2 Å². The molecule has 2 atom stereocenters. The van der Waals surface area contributed by atoms with Gasteiger partial charge in [-0.05, 0) is 59.3 Å². The van der Waals surface area contributed by atoms with E-state index in [1.807, 2.05) is 13.1 Å². The van der Waals surface area contributed by atoms with Crippen LogP contribution in [0.2, 0.25) is 0 Å². The van der Waals surface area contributed by atoms with Crippen LogP contribution < -0.4 is 14.8 Å². The zero-order valence-corrected chi connectivity index (χ0v) is 15.2. The SMILES string of the molecule is CNC(c1cc(OC)c(Br)cc1OC)C1CCCC1(C)C. The second-order valence-corrected chi connectivity index (χ2v) is 7.34. The molecule has 0 aromatic heterocycles. The lowest BCUT2D eigenvalue weighted by atomic mass is 9.75. The fourth-order valence-electron chi connectivity index (χ4n) is 3.67. The molecular formula is C17H26BrNO2. The summed E-state index contributed by atoms with van der Waals surface area (Å²) in [5, 5.41) is 3.51. The molecular weight excluding hydrogens is 330 g/mol. The van der Waals surface area contributed by atoms with E-state index in [1.54, 1.807) is 14.2 Å². The first-order chi connectivity index (χ1) is 9.94. The summed E-state index contributed by atoms with van der Waals surface area (Å²) in [6.07, 6.45) is 3.83. The van der Waals surface area contributed by atoms with Crippen molar-refractivity contribution in [2.75, 3.05) is 21.3 Å². The Kier molecular flexibility index (Phi) is 5.20. The Morgan fingerprint density at radius 3 is 2.38 bits per heavy atom. The predicted octanol–water partition coefficient (Wildman–Crippen LogP) is 4.55. The van der Waals surface area contributed by atoms with E-state index in [0.717, 1.165) is 16.0 Å². The lowest BCUT2D eigenvalue weighted by Gasteiger charge is -2.35. The van der Waals surface area contributed by atoms with Crippen molar-refractivity contribution in [3.63, 3.8) is 0 Å². The van der Waals surface area contributed by atoms with Gasteiger partial charge in [-0.2, -0.15) is 0 Å². The summed E-state index contributed by atoms with van der Waals surface area (Å²) in [5.41, 5.74) is 1.53. The highest BCUT2D eigenvalue weighted by Crippen LogP contribution is 2.50. The maximum atomic E-state index is 5.61. The molecule has 1 fully saturated rings. The first-order valence-corrected chi connectivity index (χ1v) is 8.32. The van der Waals surface area contributed by atoms with Crippen LogP contribution in [0.3, 0.4) is 0 Å². The molecule has 0 radical (unpaired) electrons. The molecule has 1 aromatic carbocycles. The lowest BCUT2D eigenvalue weighted by molar-refractivity contribution is 0.200. The van der Waals surface area contributed by atoms with Crippen molar-refractivity contribution in [3.05, 3.63) is 22.2 Å². The average molecular weight is 356 g/mol. The van der Waals surface area contributed by atoms with E-state index in [9.17, 15) is 0 Å². The molecule has 0 saturated heterocycles. The topological polar surface area (TPSA) is 30.5 Å². The molecule has 1 aromatic rings. The smallest absolute Gasteiger partial charge is 0.133 e. The highest BCUT2D eigenvalue weighted by molar-refractivity contribution is 9.10. The number of rotatable bonds is 5. The molecule has 1 saturated carbocycles. The summed E-state index contributed by atoms with van der Waals surface area (Å²) in [6, 6.07) is 4.37. The van der Waals surface area contributed by atoms with Gasteiger partial charge in [-0.25, -0.2) is 0 Å². The van der Waals surface area contributed by atoms with E-state index in [4.69, 9.17) is 9.47 Å². The minimum Gasteiger partial charge on any atom is -0.496 e. The molecule has 118 valence electrons. The fraction of sp³-hybridized carbons (Fsp3) is 0.647. The first-order valence-electron chi connectivity index (χ1n) is 7.53. The van der Waals surface area contributed by atoms with E-state index in [-0.39, 0.29) is 6.04 Å². The number of hydrogen-bond acceptors (Lipinski definition) is 3. The maximum absolute atomic E-state index is 5.61. The molecule has 2 unspecified atom stereocenters. The zero-order chi connectivity index (χ0) is 15.6. The van der Waals surface area contributed by atoms with Gasteiger partial charge in [0.1, 0.15) is 11.5 Å². The summed E-state index contributed by atoms with van der Waals surface area (Å²) in [6.45, 7) is 4.75. The molecule has 3 nitrogen and oxygen atoms in total. The van der Waals surface area contributed by atoms with Gasteiger partial charge in [0.2, 0.25) is 0 Å². The van der Waals surface area contributed by atoms with E-state index in [2.05, 4.69) is 41.2 Å². The van der Waals surface area contributed by atoms with Crippen LogP contribution in [0.4, 0.5) is 0 Å². The first kappa shape index (κ1) is 16.6. The van der Waals surface area contributed by atoms with E-state index < -0.39 is 0 Å². The van der Waals surface area contributed by atoms with Crippen LogP contribution >= 0.6 is 15.9 Å². The Hall–Kier alpha value is -0.740. The van der Waals surface area contributed by atoms with Crippen molar-refractivity contribution in [3.8, 4) is 11.5 Å². The molecule has 0 spiro atoms. The second-order valence-electron chi connectivity index (χ2n) is 6.48. The summed E-state index contributed by atoms with van der Waals surface area (Å²) in [5.74, 6) is 2.36. The molecule has 21 heavy (non-hydrogen) atoms. The standard InChI is InChI=1S/C17H26BrNO2/c1-17(2)8-6-7-12(17)16(19-3)11-9-15(21-5)13(18)10-14(11)20-4/h9-10,12,16,19H,6-8H2,1-5H3. The van der Waals surface area contributed by atoms with Gasteiger partial charge >= 0.3 is 0 Å². The van der Waals surface area contributed by atoms with Crippen molar-refractivity contribution in [2.24, 2.45) is 11.3 Å². The number of ether oxygens (including phenoxy) is 2. The molecule has 1 N–H and O–H groups in total. The van der Waals surface area contributed by atoms with Gasteiger partial charge in [0.25, 0.3) is 0 Å². The van der Waals surface area contributed by atoms with Gasteiger partial charge in [-0.15, -0.1) is 0 Å². The van der Waals surface area contributed by atoms with Gasteiger partial charge in [0, 0.05) is 11.6 Å². The van der Waals surface area contributed by atoms with Gasteiger partial charge in [0.15, 0.2) is 0 Å². The van der Waals surface area contributed by atoms with Crippen LogP contribution in [-0.2, 0) is 0 Å². The predicted molar refractivity (Wildman–Crippen MR) is 90.2 cm³/mol. The van der Waals surface area contributed by atoms with Gasteiger partial charge in [0.05, 0.1) is 18.7 Å². The number of nitrogens with one attached hydrogen (secondary N) is 1. The number of methoxy groups -OCH3 is 2. The van der Waals surface area contributed by atoms with E-state index in [0.29, 0.717) is 11.3 Å². The van der Waals surface area contributed by atoms with Crippen molar-refractivity contribution >= 4 is 15.9 Å². The Morgan fingerprint density at radius 1 is 1.24 bits per heavy atom. The third-order valence-corrected chi connectivity index (χ3v) is 5.51.